The first-order chi connectivity index (χ1) is 10.5. The van der Waals surface area contributed by atoms with Crippen LogP contribution in [0.5, 0.6) is 11.5 Å². The molecular weight excluding hydrogens is 293 g/mol. The van der Waals surface area contributed by atoms with Gasteiger partial charge in [0.2, 0.25) is 0 Å². The van der Waals surface area contributed by atoms with E-state index in [1.54, 1.807) is 0 Å². The Morgan fingerprint density at radius 2 is 1.82 bits per heavy atom. The zero-order valence-electron chi connectivity index (χ0n) is 12.3. The first-order valence-corrected chi connectivity index (χ1v) is 6.25. The third kappa shape index (κ3) is 2.65. The van der Waals surface area contributed by atoms with Gasteiger partial charge in [-0.05, 0) is 18.2 Å². The van der Waals surface area contributed by atoms with Crippen molar-refractivity contribution in [3.8, 4) is 17.2 Å². The fourth-order valence-electron chi connectivity index (χ4n) is 1.98. The quantitative estimate of drug-likeness (QED) is 0.806. The van der Waals surface area contributed by atoms with E-state index in [0.29, 0.717) is 0 Å². The molecule has 0 amide bonds. The van der Waals surface area contributed by atoms with Gasteiger partial charge < -0.3 is 14.2 Å². The summed E-state index contributed by atoms with van der Waals surface area (Å²) in [7, 11) is 3.88. The highest BCUT2D eigenvalue weighted by Crippen LogP contribution is 2.33. The number of nitrogens with zero attached hydrogens (tertiary/aromatic N) is 1. The molecule has 0 aliphatic rings. The third-order valence-corrected chi connectivity index (χ3v) is 3.06. The molecular formula is C15H14FNO5. The number of pyridine rings is 1. The predicted molar refractivity (Wildman–Crippen MR) is 76.4 cm³/mol. The maximum atomic E-state index is 14.5. The molecule has 0 N–H and O–H groups in total. The molecule has 0 spiro atoms. The van der Waals surface area contributed by atoms with Crippen LogP contribution < -0.4 is 15.0 Å². The van der Waals surface area contributed by atoms with E-state index in [-0.39, 0.29) is 22.7 Å². The molecule has 0 atom stereocenters. The number of methoxy groups -OCH3 is 3. The molecule has 0 saturated carbocycles. The van der Waals surface area contributed by atoms with Crippen molar-refractivity contribution in [2.75, 3.05) is 21.3 Å². The lowest BCUT2D eigenvalue weighted by atomic mass is 10.2. The Labute approximate surface area is 125 Å². The second kappa shape index (κ2) is 6.30. The van der Waals surface area contributed by atoms with Gasteiger partial charge in [0.15, 0.2) is 17.3 Å². The van der Waals surface area contributed by atoms with Gasteiger partial charge in [0.1, 0.15) is 0 Å². The van der Waals surface area contributed by atoms with E-state index in [1.807, 2.05) is 0 Å². The summed E-state index contributed by atoms with van der Waals surface area (Å²) in [5.74, 6) is -1.34. The summed E-state index contributed by atoms with van der Waals surface area (Å²) in [6.07, 6.45) is 1.21. The SMILES string of the molecule is COC(=O)c1ccc(=O)n(-c2ccc(OC)c(OC)c2F)c1. The molecule has 1 heterocycles. The van der Waals surface area contributed by atoms with Crippen LogP contribution in [-0.4, -0.2) is 31.9 Å². The first kappa shape index (κ1) is 15.6. The van der Waals surface area contributed by atoms with E-state index >= 15 is 0 Å². The number of ether oxygens (including phenoxy) is 3. The van der Waals surface area contributed by atoms with Crippen molar-refractivity contribution in [3.05, 3.63) is 52.2 Å². The summed E-state index contributed by atoms with van der Waals surface area (Å²) in [4.78, 5) is 23.5. The van der Waals surface area contributed by atoms with Gasteiger partial charge >= 0.3 is 5.97 Å². The van der Waals surface area contributed by atoms with E-state index in [2.05, 4.69) is 4.74 Å². The van der Waals surface area contributed by atoms with Crippen molar-refractivity contribution in [2.24, 2.45) is 0 Å². The maximum Gasteiger partial charge on any atom is 0.339 e. The lowest BCUT2D eigenvalue weighted by Crippen LogP contribution is -2.20. The van der Waals surface area contributed by atoms with E-state index < -0.39 is 17.3 Å². The van der Waals surface area contributed by atoms with E-state index in [1.165, 1.54) is 45.7 Å². The summed E-state index contributed by atoms with van der Waals surface area (Å²) in [5, 5.41) is 0. The van der Waals surface area contributed by atoms with Crippen LogP contribution in [0.4, 0.5) is 4.39 Å². The number of aromatic nitrogens is 1. The van der Waals surface area contributed by atoms with Gasteiger partial charge in [0.25, 0.3) is 5.56 Å². The monoisotopic (exact) mass is 307 g/mol. The highest BCUT2D eigenvalue weighted by atomic mass is 19.1. The highest BCUT2D eigenvalue weighted by Gasteiger charge is 2.18. The minimum atomic E-state index is -0.772. The van der Waals surface area contributed by atoms with Crippen LogP contribution in [0.1, 0.15) is 10.4 Å². The Bertz CT molecular complexity index is 769. The minimum Gasteiger partial charge on any atom is -0.493 e. The molecule has 1 aromatic carbocycles. The van der Waals surface area contributed by atoms with Crippen molar-refractivity contribution >= 4 is 5.97 Å². The second-order valence-corrected chi connectivity index (χ2v) is 4.25. The van der Waals surface area contributed by atoms with Gasteiger partial charge in [-0.2, -0.15) is 0 Å². The summed E-state index contributed by atoms with van der Waals surface area (Å²) in [5.41, 5.74) is -0.441. The number of carbonyl (C=O) groups excluding carboxylic acids is 1. The largest absolute Gasteiger partial charge is 0.493 e. The fourth-order valence-corrected chi connectivity index (χ4v) is 1.98. The molecule has 0 aliphatic carbocycles. The van der Waals surface area contributed by atoms with Crippen LogP contribution >= 0.6 is 0 Å². The number of rotatable bonds is 4. The average molecular weight is 307 g/mol. The minimum absolute atomic E-state index is 0.0617. The lowest BCUT2D eigenvalue weighted by molar-refractivity contribution is 0.0600. The van der Waals surface area contributed by atoms with Gasteiger partial charge in [-0.15, -0.1) is 0 Å². The molecule has 22 heavy (non-hydrogen) atoms. The number of halogens is 1. The Morgan fingerprint density at radius 3 is 2.41 bits per heavy atom. The van der Waals surface area contributed by atoms with Gasteiger partial charge in [-0.1, -0.05) is 0 Å². The van der Waals surface area contributed by atoms with Gasteiger partial charge in [-0.3, -0.25) is 9.36 Å². The van der Waals surface area contributed by atoms with E-state index in [0.717, 1.165) is 10.6 Å². The van der Waals surface area contributed by atoms with Crippen molar-refractivity contribution < 1.29 is 23.4 Å². The van der Waals surface area contributed by atoms with Crippen molar-refractivity contribution in [1.82, 2.24) is 4.57 Å². The molecule has 0 radical (unpaired) electrons. The topological polar surface area (TPSA) is 66.8 Å². The van der Waals surface area contributed by atoms with Crippen LogP contribution in [-0.2, 0) is 4.74 Å². The highest BCUT2D eigenvalue weighted by molar-refractivity contribution is 5.88. The molecule has 116 valence electrons. The number of carbonyl (C=O) groups is 1. The molecule has 0 aliphatic heterocycles. The Morgan fingerprint density at radius 1 is 1.09 bits per heavy atom. The molecule has 0 bridgehead atoms. The van der Waals surface area contributed by atoms with Gasteiger partial charge in [0.05, 0.1) is 32.6 Å². The van der Waals surface area contributed by atoms with E-state index in [9.17, 15) is 14.0 Å². The van der Waals surface area contributed by atoms with Gasteiger partial charge in [0, 0.05) is 12.3 Å². The molecule has 0 unspecified atom stereocenters. The van der Waals surface area contributed by atoms with Crippen LogP contribution in [0.2, 0.25) is 0 Å². The fraction of sp³-hybridized carbons (Fsp3) is 0.200. The summed E-state index contributed by atoms with van der Waals surface area (Å²) in [6, 6.07) is 5.29. The Kier molecular flexibility index (Phi) is 4.45. The number of benzene rings is 1. The smallest absolute Gasteiger partial charge is 0.339 e. The number of esters is 1. The Hall–Kier alpha value is -2.83. The van der Waals surface area contributed by atoms with Crippen molar-refractivity contribution in [1.29, 1.82) is 0 Å². The summed E-state index contributed by atoms with van der Waals surface area (Å²) >= 11 is 0. The molecule has 2 aromatic rings. The molecule has 1 aromatic heterocycles. The van der Waals surface area contributed by atoms with Crippen molar-refractivity contribution in [3.63, 3.8) is 0 Å². The molecule has 6 nitrogen and oxygen atoms in total. The third-order valence-electron chi connectivity index (χ3n) is 3.06. The van der Waals surface area contributed by atoms with Crippen LogP contribution in [0.25, 0.3) is 5.69 Å². The average Bonchev–Trinajstić information content (AvgIpc) is 2.54. The lowest BCUT2D eigenvalue weighted by Gasteiger charge is -2.13. The molecule has 0 fully saturated rings. The molecule has 0 saturated heterocycles. The summed E-state index contributed by atoms with van der Waals surface area (Å²) < 4.78 is 30.1. The molecule has 7 heteroatoms. The standard InChI is InChI=1S/C15H14FNO5/c1-20-11-6-5-10(13(16)14(11)21-2)17-8-9(15(19)22-3)4-7-12(17)18/h4-8H,1-3H3. The predicted octanol–water partition coefficient (Wildman–Crippen LogP) is 1.78. The zero-order valence-corrected chi connectivity index (χ0v) is 12.3. The van der Waals surface area contributed by atoms with Gasteiger partial charge in [-0.25, -0.2) is 9.18 Å². The van der Waals surface area contributed by atoms with Crippen molar-refractivity contribution in [2.45, 2.75) is 0 Å². The van der Waals surface area contributed by atoms with Crippen LogP contribution in [0.15, 0.2) is 35.3 Å². The zero-order chi connectivity index (χ0) is 16.3. The van der Waals surface area contributed by atoms with E-state index in [4.69, 9.17) is 9.47 Å². The maximum absolute atomic E-state index is 14.5. The summed E-state index contributed by atoms with van der Waals surface area (Å²) in [6.45, 7) is 0. The Balaban J connectivity index is 2.66. The number of hydrogen-bond donors (Lipinski definition) is 0. The molecule has 2 rings (SSSR count). The second-order valence-electron chi connectivity index (χ2n) is 4.25. The number of hydrogen-bond acceptors (Lipinski definition) is 5. The van der Waals surface area contributed by atoms with Crippen LogP contribution in [0, 0.1) is 5.82 Å². The van der Waals surface area contributed by atoms with Crippen LogP contribution in [0.3, 0.4) is 0 Å². The first-order valence-electron chi connectivity index (χ1n) is 6.25. The normalized spacial score (nSPS) is 10.2.